The molecule has 3 aliphatic rings. The summed E-state index contributed by atoms with van der Waals surface area (Å²) in [7, 11) is 1.78. The molecule has 0 unspecified atom stereocenters. The molecule has 3 fully saturated rings. The van der Waals surface area contributed by atoms with Gasteiger partial charge in [-0.1, -0.05) is 11.6 Å². The number of nitrogens with zero attached hydrogens (tertiary/aromatic N) is 2. The third-order valence-corrected chi connectivity index (χ3v) is 5.92. The highest BCUT2D eigenvalue weighted by Gasteiger charge is 2.34. The van der Waals surface area contributed by atoms with Gasteiger partial charge in [0.15, 0.2) is 5.43 Å². The molecule has 0 radical (unpaired) electrons. The number of aromatic nitrogens is 1. The van der Waals surface area contributed by atoms with Crippen LogP contribution in [0.4, 0.5) is 0 Å². The van der Waals surface area contributed by atoms with E-state index < -0.39 is 0 Å². The largest absolute Gasteiger partial charge is 0.383 e. The van der Waals surface area contributed by atoms with Crippen LogP contribution in [-0.4, -0.2) is 60.7 Å². The van der Waals surface area contributed by atoms with Gasteiger partial charge in [0, 0.05) is 68.5 Å². The van der Waals surface area contributed by atoms with Crippen LogP contribution >= 0.6 is 0 Å². The lowest BCUT2D eigenvalue weighted by molar-refractivity contribution is 0.0867. The second-order valence-electron chi connectivity index (χ2n) is 7.99. The van der Waals surface area contributed by atoms with Crippen LogP contribution in [0.15, 0.2) is 29.1 Å². The lowest BCUT2D eigenvalue weighted by Gasteiger charge is -2.35. The molecule has 1 aromatic heterocycles. The fraction of sp³-hybridized carbons (Fsp3) is 0.571. The number of benzene rings is 1. The highest BCUT2D eigenvalue weighted by molar-refractivity contribution is 5.79. The summed E-state index contributed by atoms with van der Waals surface area (Å²) in [6, 6.07) is 8.45. The van der Waals surface area contributed by atoms with E-state index in [1.807, 2.05) is 19.1 Å². The summed E-state index contributed by atoms with van der Waals surface area (Å²) in [5, 5.41) is 0.787. The minimum atomic E-state index is 0.122. The second kappa shape index (κ2) is 7.51. The first-order valence-electron chi connectivity index (χ1n) is 9.70. The highest BCUT2D eigenvalue weighted by Crippen LogP contribution is 2.28. The fourth-order valence-corrected chi connectivity index (χ4v) is 4.63. The SMILES string of the molecule is COCCN1C[C@H]2CC[C@@H]1CN(Cc1cc(=O)c3cc(C)ccc3[nH]1)C2. The molecule has 2 atom stereocenters. The molecule has 3 saturated heterocycles. The number of methoxy groups -OCH3 is 1. The molecule has 2 bridgehead atoms. The molecule has 0 spiro atoms. The van der Waals surface area contributed by atoms with Crippen molar-refractivity contribution in [3.63, 3.8) is 0 Å². The van der Waals surface area contributed by atoms with Gasteiger partial charge in [-0.2, -0.15) is 0 Å². The number of H-pyrrole nitrogens is 1. The number of hydrogen-bond acceptors (Lipinski definition) is 4. The van der Waals surface area contributed by atoms with E-state index in [2.05, 4.69) is 20.9 Å². The van der Waals surface area contributed by atoms with Crippen molar-refractivity contribution in [2.45, 2.75) is 32.4 Å². The Morgan fingerprint density at radius 2 is 2.08 bits per heavy atom. The van der Waals surface area contributed by atoms with Gasteiger partial charge in [0.1, 0.15) is 0 Å². The smallest absolute Gasteiger partial charge is 0.189 e. The molecule has 0 aliphatic carbocycles. The summed E-state index contributed by atoms with van der Waals surface area (Å²) < 4.78 is 5.28. The standard InChI is InChI=1S/C21H29N3O2/c1-15-3-6-20-19(9-15)21(25)10-17(22-20)13-23-11-16-4-5-18(14-23)24(12-16)7-8-26-2/h3,6,9-10,16,18H,4-5,7-8,11-14H2,1-2H3,(H,22,25)/t16-,18+/m0/s1. The first-order chi connectivity index (χ1) is 12.6. The monoisotopic (exact) mass is 355 g/mol. The lowest BCUT2D eigenvalue weighted by Crippen LogP contribution is -2.45. The van der Waals surface area contributed by atoms with E-state index in [-0.39, 0.29) is 5.43 Å². The van der Waals surface area contributed by atoms with Gasteiger partial charge >= 0.3 is 0 Å². The van der Waals surface area contributed by atoms with E-state index in [0.717, 1.165) is 60.9 Å². The number of piperidine rings is 1. The highest BCUT2D eigenvalue weighted by atomic mass is 16.5. The molecule has 26 heavy (non-hydrogen) atoms. The Bertz CT molecular complexity index is 832. The third kappa shape index (κ3) is 3.70. The summed E-state index contributed by atoms with van der Waals surface area (Å²) in [6.07, 6.45) is 2.59. The van der Waals surface area contributed by atoms with Crippen molar-refractivity contribution in [2.24, 2.45) is 5.92 Å². The summed E-state index contributed by atoms with van der Waals surface area (Å²) in [6.45, 7) is 8.05. The Hall–Kier alpha value is -1.69. The number of rotatable bonds is 5. The van der Waals surface area contributed by atoms with Gasteiger partial charge in [-0.3, -0.25) is 14.6 Å². The molecule has 1 aromatic carbocycles. The predicted octanol–water partition coefficient (Wildman–Crippen LogP) is 2.38. The number of nitrogens with one attached hydrogen (secondary N) is 1. The van der Waals surface area contributed by atoms with Gasteiger partial charge in [0.05, 0.1) is 6.61 Å². The number of aromatic amines is 1. The van der Waals surface area contributed by atoms with E-state index in [1.165, 1.54) is 19.4 Å². The molecule has 5 rings (SSSR count). The van der Waals surface area contributed by atoms with E-state index in [4.69, 9.17) is 4.74 Å². The van der Waals surface area contributed by atoms with E-state index in [9.17, 15) is 4.79 Å². The lowest BCUT2D eigenvalue weighted by atomic mass is 9.95. The van der Waals surface area contributed by atoms with Crippen molar-refractivity contribution in [3.05, 3.63) is 45.7 Å². The van der Waals surface area contributed by atoms with E-state index >= 15 is 0 Å². The van der Waals surface area contributed by atoms with Crippen molar-refractivity contribution < 1.29 is 4.74 Å². The number of fused-ring (bicyclic) bond motifs is 5. The molecule has 140 valence electrons. The van der Waals surface area contributed by atoms with Crippen LogP contribution < -0.4 is 5.43 Å². The molecule has 5 heteroatoms. The quantitative estimate of drug-likeness (QED) is 0.895. The van der Waals surface area contributed by atoms with E-state index in [1.54, 1.807) is 13.2 Å². The Morgan fingerprint density at radius 1 is 1.19 bits per heavy atom. The number of aryl methyl sites for hydroxylation is 1. The molecule has 0 saturated carbocycles. The molecule has 2 aromatic rings. The van der Waals surface area contributed by atoms with Crippen LogP contribution in [-0.2, 0) is 11.3 Å². The minimum Gasteiger partial charge on any atom is -0.383 e. The maximum Gasteiger partial charge on any atom is 0.189 e. The molecule has 4 heterocycles. The zero-order valence-electron chi connectivity index (χ0n) is 15.8. The zero-order chi connectivity index (χ0) is 18.1. The normalized spacial score (nSPS) is 24.2. The van der Waals surface area contributed by atoms with Crippen molar-refractivity contribution in [3.8, 4) is 0 Å². The minimum absolute atomic E-state index is 0.122. The molecule has 0 amide bonds. The summed E-state index contributed by atoms with van der Waals surface area (Å²) in [5.41, 5.74) is 3.21. The third-order valence-electron chi connectivity index (χ3n) is 5.92. The zero-order valence-corrected chi connectivity index (χ0v) is 15.8. The molecule has 3 aliphatic heterocycles. The fourth-order valence-electron chi connectivity index (χ4n) is 4.63. The predicted molar refractivity (Wildman–Crippen MR) is 105 cm³/mol. The molecular weight excluding hydrogens is 326 g/mol. The van der Waals surface area contributed by atoms with Crippen molar-refractivity contribution in [1.29, 1.82) is 0 Å². The Labute approximate surface area is 154 Å². The van der Waals surface area contributed by atoms with Gasteiger partial charge in [0.2, 0.25) is 0 Å². The first kappa shape index (κ1) is 17.7. The van der Waals surface area contributed by atoms with Gasteiger partial charge < -0.3 is 9.72 Å². The first-order valence-corrected chi connectivity index (χ1v) is 9.70. The van der Waals surface area contributed by atoms with Crippen LogP contribution in [0.25, 0.3) is 10.9 Å². The topological polar surface area (TPSA) is 48.6 Å². The Kier molecular flexibility index (Phi) is 5.11. The van der Waals surface area contributed by atoms with Crippen molar-refractivity contribution in [1.82, 2.24) is 14.8 Å². The van der Waals surface area contributed by atoms with Gasteiger partial charge in [-0.15, -0.1) is 0 Å². The number of ether oxygens (including phenoxy) is 1. The van der Waals surface area contributed by atoms with E-state index in [0.29, 0.717) is 6.04 Å². The van der Waals surface area contributed by atoms with Gasteiger partial charge in [0.25, 0.3) is 0 Å². The molecule has 1 N–H and O–H groups in total. The second-order valence-corrected chi connectivity index (χ2v) is 7.99. The average Bonchev–Trinajstić information content (AvgIpc) is 2.91. The van der Waals surface area contributed by atoms with Crippen LogP contribution in [0.2, 0.25) is 0 Å². The Balaban J connectivity index is 1.52. The van der Waals surface area contributed by atoms with Crippen LogP contribution in [0, 0.1) is 12.8 Å². The average molecular weight is 355 g/mol. The van der Waals surface area contributed by atoms with Crippen LogP contribution in [0.3, 0.4) is 0 Å². The number of pyridine rings is 1. The number of hydrogen-bond donors (Lipinski definition) is 1. The van der Waals surface area contributed by atoms with Crippen molar-refractivity contribution >= 4 is 10.9 Å². The van der Waals surface area contributed by atoms with Gasteiger partial charge in [-0.05, 0) is 37.8 Å². The maximum absolute atomic E-state index is 12.5. The molecular formula is C21H29N3O2. The van der Waals surface area contributed by atoms with Gasteiger partial charge in [-0.25, -0.2) is 0 Å². The summed E-state index contributed by atoms with van der Waals surface area (Å²) >= 11 is 0. The van der Waals surface area contributed by atoms with Crippen molar-refractivity contribution in [2.75, 3.05) is 39.9 Å². The molecule has 5 nitrogen and oxygen atoms in total. The van der Waals surface area contributed by atoms with Crippen LogP contribution in [0.1, 0.15) is 24.1 Å². The Morgan fingerprint density at radius 3 is 2.92 bits per heavy atom. The summed E-state index contributed by atoms with van der Waals surface area (Å²) in [5.74, 6) is 0.723. The maximum atomic E-state index is 12.5. The van der Waals surface area contributed by atoms with Crippen LogP contribution in [0.5, 0.6) is 0 Å². The summed E-state index contributed by atoms with van der Waals surface area (Å²) in [4.78, 5) is 21.1.